The molecule has 3 aromatic rings. The number of benzene rings is 2. The van der Waals surface area contributed by atoms with E-state index >= 15 is 4.39 Å². The number of nitrogens with zero attached hydrogens (tertiary/aromatic N) is 2. The molecule has 168 valence electrons. The zero-order chi connectivity index (χ0) is 23.5. The molecular weight excluding hydrogens is 492 g/mol. The number of aliphatic hydroxyl groups is 2. The molecular formula is C21H18BrF2N3O5. The number of aromatic nitrogens is 1. The first-order valence-corrected chi connectivity index (χ1v) is 10.3. The number of pyridine rings is 1. The number of aliphatic hydroxyl groups excluding tert-OH is 2. The number of aryl methyl sites for hydroxylation is 1. The van der Waals surface area contributed by atoms with Gasteiger partial charge in [-0.25, -0.2) is 13.6 Å². The Kier molecular flexibility index (Phi) is 5.43. The number of carbonyl (C=O) groups is 1. The lowest BCUT2D eigenvalue weighted by atomic mass is 10.0. The number of fused-ring (bicyclic) bond motifs is 1. The maximum Gasteiger partial charge on any atom is 0.341 e. The standard InChI is InChI=1S/C21H18BrF2N3O5/c1-8-18-15(16(22)17(24)19(8)26-4-10(29)5-26)20(30)11(21(31)32)6-27(18)14-3-13(25)12(23)2-9(14)7-28/h2-3,6,10,28-29H,4-5,7,25H2,1H3,(H,31,32). The fourth-order valence-electron chi connectivity index (χ4n) is 4.00. The van der Waals surface area contributed by atoms with E-state index in [0.717, 1.165) is 12.3 Å². The van der Waals surface area contributed by atoms with Crippen LogP contribution in [0.1, 0.15) is 21.5 Å². The fraction of sp³-hybridized carbons (Fsp3) is 0.238. The van der Waals surface area contributed by atoms with Gasteiger partial charge in [0.15, 0.2) is 5.82 Å². The fourth-order valence-corrected chi connectivity index (χ4v) is 4.56. The number of nitrogens with two attached hydrogens (primary N) is 1. The van der Waals surface area contributed by atoms with Gasteiger partial charge in [0, 0.05) is 30.4 Å². The van der Waals surface area contributed by atoms with E-state index in [4.69, 9.17) is 5.73 Å². The lowest BCUT2D eigenvalue weighted by Gasteiger charge is -2.39. The first kappa shape index (κ1) is 22.2. The second-order valence-corrected chi connectivity index (χ2v) is 8.38. The summed E-state index contributed by atoms with van der Waals surface area (Å²) in [5.74, 6) is -3.08. The van der Waals surface area contributed by atoms with Crippen LogP contribution in [0.2, 0.25) is 0 Å². The van der Waals surface area contributed by atoms with Gasteiger partial charge >= 0.3 is 5.97 Å². The van der Waals surface area contributed by atoms with E-state index in [-0.39, 0.29) is 51.1 Å². The molecule has 0 radical (unpaired) electrons. The minimum atomic E-state index is -1.54. The van der Waals surface area contributed by atoms with Crippen molar-refractivity contribution in [2.75, 3.05) is 23.7 Å². The monoisotopic (exact) mass is 509 g/mol. The van der Waals surface area contributed by atoms with Crippen molar-refractivity contribution in [3.8, 4) is 5.69 Å². The molecule has 2 heterocycles. The third kappa shape index (κ3) is 3.24. The number of anilines is 2. The van der Waals surface area contributed by atoms with E-state index in [0.29, 0.717) is 5.56 Å². The predicted molar refractivity (Wildman–Crippen MR) is 117 cm³/mol. The Morgan fingerprint density at radius 3 is 2.53 bits per heavy atom. The SMILES string of the molecule is Cc1c(N2CC(O)C2)c(F)c(Br)c2c(=O)c(C(=O)O)cn(-c3cc(N)c(F)cc3CO)c12. The van der Waals surface area contributed by atoms with Gasteiger partial charge in [-0.15, -0.1) is 0 Å². The highest BCUT2D eigenvalue weighted by atomic mass is 79.9. The van der Waals surface area contributed by atoms with Crippen molar-refractivity contribution < 1.29 is 28.9 Å². The van der Waals surface area contributed by atoms with Crippen molar-refractivity contribution in [1.29, 1.82) is 0 Å². The smallest absolute Gasteiger partial charge is 0.341 e. The molecule has 0 spiro atoms. The van der Waals surface area contributed by atoms with E-state index < -0.39 is 41.3 Å². The second-order valence-electron chi connectivity index (χ2n) is 7.59. The van der Waals surface area contributed by atoms with E-state index in [1.165, 1.54) is 10.6 Å². The number of hydrogen-bond acceptors (Lipinski definition) is 6. The van der Waals surface area contributed by atoms with Gasteiger partial charge in [-0.1, -0.05) is 0 Å². The number of carboxylic acid groups (broad SMARTS) is 1. The summed E-state index contributed by atoms with van der Waals surface area (Å²) in [5, 5.41) is 28.8. The van der Waals surface area contributed by atoms with Gasteiger partial charge in [-0.05, 0) is 35.0 Å². The number of halogens is 3. The van der Waals surface area contributed by atoms with Gasteiger partial charge in [-0.2, -0.15) is 0 Å². The first-order valence-electron chi connectivity index (χ1n) is 9.49. The third-order valence-electron chi connectivity index (χ3n) is 5.57. The minimum absolute atomic E-state index is 0.0822. The molecule has 1 aliphatic heterocycles. The van der Waals surface area contributed by atoms with Crippen molar-refractivity contribution in [1.82, 2.24) is 4.57 Å². The Morgan fingerprint density at radius 1 is 1.31 bits per heavy atom. The van der Waals surface area contributed by atoms with E-state index in [1.807, 2.05) is 0 Å². The molecule has 1 aliphatic rings. The van der Waals surface area contributed by atoms with E-state index in [1.54, 1.807) is 11.8 Å². The predicted octanol–water partition coefficient (Wildman–Crippen LogP) is 2.29. The van der Waals surface area contributed by atoms with E-state index in [9.17, 15) is 29.3 Å². The van der Waals surface area contributed by atoms with Gasteiger partial charge < -0.3 is 30.5 Å². The molecule has 1 aromatic heterocycles. The van der Waals surface area contributed by atoms with Crippen molar-refractivity contribution >= 4 is 44.2 Å². The lowest BCUT2D eigenvalue weighted by Crippen LogP contribution is -2.51. The minimum Gasteiger partial charge on any atom is -0.477 e. The highest BCUT2D eigenvalue weighted by molar-refractivity contribution is 9.10. The number of carboxylic acids is 1. The average Bonchev–Trinajstić information content (AvgIpc) is 2.72. The second kappa shape index (κ2) is 7.84. The van der Waals surface area contributed by atoms with Crippen molar-refractivity contribution in [3.63, 3.8) is 0 Å². The summed E-state index contributed by atoms with van der Waals surface area (Å²) in [5.41, 5.74) is 4.71. The highest BCUT2D eigenvalue weighted by Crippen LogP contribution is 2.40. The maximum atomic E-state index is 15.3. The molecule has 5 N–H and O–H groups in total. The summed E-state index contributed by atoms with van der Waals surface area (Å²) < 4.78 is 30.4. The largest absolute Gasteiger partial charge is 0.477 e. The molecule has 2 aromatic carbocycles. The average molecular weight is 510 g/mol. The maximum absolute atomic E-state index is 15.3. The molecule has 1 saturated heterocycles. The van der Waals surface area contributed by atoms with Gasteiger partial charge in [0.1, 0.15) is 11.4 Å². The van der Waals surface area contributed by atoms with Crippen LogP contribution in [0.4, 0.5) is 20.2 Å². The van der Waals surface area contributed by atoms with Crippen LogP contribution in [-0.4, -0.2) is 45.0 Å². The van der Waals surface area contributed by atoms with Gasteiger partial charge in [-0.3, -0.25) is 4.79 Å². The molecule has 32 heavy (non-hydrogen) atoms. The highest BCUT2D eigenvalue weighted by Gasteiger charge is 2.32. The van der Waals surface area contributed by atoms with Crippen LogP contribution in [0.25, 0.3) is 16.6 Å². The van der Waals surface area contributed by atoms with Crippen LogP contribution in [0.15, 0.2) is 27.6 Å². The Hall–Kier alpha value is -3.02. The molecule has 0 aliphatic carbocycles. The quantitative estimate of drug-likeness (QED) is 0.397. The molecule has 0 saturated carbocycles. The van der Waals surface area contributed by atoms with Crippen molar-refractivity contribution in [3.05, 3.63) is 61.4 Å². The van der Waals surface area contributed by atoms with Gasteiger partial charge in [0.25, 0.3) is 0 Å². The number of nitrogen functional groups attached to an aromatic ring is 1. The van der Waals surface area contributed by atoms with Crippen LogP contribution < -0.4 is 16.1 Å². The Morgan fingerprint density at radius 2 is 1.97 bits per heavy atom. The molecule has 4 rings (SSSR count). The zero-order valence-electron chi connectivity index (χ0n) is 16.7. The molecule has 0 bridgehead atoms. The number of rotatable bonds is 4. The van der Waals surface area contributed by atoms with Crippen molar-refractivity contribution in [2.24, 2.45) is 0 Å². The summed E-state index contributed by atoms with van der Waals surface area (Å²) in [7, 11) is 0. The van der Waals surface area contributed by atoms with Gasteiger partial charge in [0.05, 0.1) is 45.1 Å². The number of aromatic carboxylic acids is 1. The lowest BCUT2D eigenvalue weighted by molar-refractivity contribution is 0.0695. The number of hydrogen-bond donors (Lipinski definition) is 4. The molecule has 0 unspecified atom stereocenters. The normalized spacial score (nSPS) is 14.1. The Bertz CT molecular complexity index is 1350. The van der Waals surface area contributed by atoms with Crippen LogP contribution in [-0.2, 0) is 6.61 Å². The van der Waals surface area contributed by atoms with Crippen molar-refractivity contribution in [2.45, 2.75) is 19.6 Å². The molecule has 11 heteroatoms. The van der Waals surface area contributed by atoms with Crippen LogP contribution in [0, 0.1) is 18.6 Å². The van der Waals surface area contributed by atoms with Crippen LogP contribution in [0.3, 0.4) is 0 Å². The summed E-state index contributed by atoms with van der Waals surface area (Å²) in [6, 6.07) is 2.22. The first-order chi connectivity index (χ1) is 15.1. The van der Waals surface area contributed by atoms with Gasteiger partial charge in [0.2, 0.25) is 5.43 Å². The topological polar surface area (TPSA) is 129 Å². The Labute approximate surface area is 188 Å². The molecule has 0 atom stereocenters. The third-order valence-corrected chi connectivity index (χ3v) is 6.32. The molecule has 1 fully saturated rings. The Balaban J connectivity index is 2.21. The van der Waals surface area contributed by atoms with E-state index in [2.05, 4.69) is 15.9 Å². The zero-order valence-corrected chi connectivity index (χ0v) is 18.3. The van der Waals surface area contributed by atoms with Crippen LogP contribution >= 0.6 is 15.9 Å². The molecule has 8 nitrogen and oxygen atoms in total. The van der Waals surface area contributed by atoms with Crippen LogP contribution in [0.5, 0.6) is 0 Å². The number of β-amino-alcohol motifs (C(OH)–C–C–N with tert-alkyl or cyclic N) is 1. The summed E-state index contributed by atoms with van der Waals surface area (Å²) in [6.45, 7) is 1.31. The summed E-state index contributed by atoms with van der Waals surface area (Å²) in [4.78, 5) is 26.4. The molecule has 0 amide bonds. The summed E-state index contributed by atoms with van der Waals surface area (Å²) in [6.07, 6.45) is 0.419. The summed E-state index contributed by atoms with van der Waals surface area (Å²) >= 11 is 3.10.